The summed E-state index contributed by atoms with van der Waals surface area (Å²) in [6, 6.07) is 13.4. The van der Waals surface area contributed by atoms with Gasteiger partial charge in [-0.3, -0.25) is 14.2 Å². The molecule has 5 rings (SSSR count). The smallest absolute Gasteiger partial charge is 0.261 e. The third-order valence-corrected chi connectivity index (χ3v) is 7.36. The van der Waals surface area contributed by atoms with Crippen LogP contribution >= 0.6 is 23.6 Å². The molecule has 0 spiro atoms. The number of amides is 1. The molecule has 0 atom stereocenters. The normalized spacial score (nSPS) is 15.2. The van der Waals surface area contributed by atoms with E-state index in [1.54, 1.807) is 36.6 Å². The molecule has 1 amide bonds. The molecule has 4 aromatic rings. The van der Waals surface area contributed by atoms with Crippen molar-refractivity contribution in [3.8, 4) is 0 Å². The van der Waals surface area contributed by atoms with Crippen LogP contribution in [0.5, 0.6) is 0 Å². The Bertz CT molecular complexity index is 1360. The van der Waals surface area contributed by atoms with E-state index >= 15 is 0 Å². The first-order chi connectivity index (χ1) is 14.5. The molecule has 0 bridgehead atoms. The molecule has 0 radical (unpaired) electrons. The van der Waals surface area contributed by atoms with Gasteiger partial charge in [0.1, 0.15) is 0 Å². The van der Waals surface area contributed by atoms with Crippen LogP contribution in [0.15, 0.2) is 47.3 Å². The summed E-state index contributed by atoms with van der Waals surface area (Å²) in [6.45, 7) is 1.40. The van der Waals surface area contributed by atoms with Crippen molar-refractivity contribution >= 4 is 50.6 Å². The Balaban J connectivity index is 1.34. The first kappa shape index (κ1) is 19.1. The van der Waals surface area contributed by atoms with Gasteiger partial charge in [0.15, 0.2) is 4.77 Å². The lowest BCUT2D eigenvalue weighted by molar-refractivity contribution is 0.0713. The second-order valence-corrected chi connectivity index (χ2v) is 9.09. The van der Waals surface area contributed by atoms with Gasteiger partial charge in [0, 0.05) is 31.6 Å². The van der Waals surface area contributed by atoms with Gasteiger partial charge in [-0.1, -0.05) is 12.1 Å². The summed E-state index contributed by atoms with van der Waals surface area (Å²) >= 11 is 6.95. The number of fused-ring (bicyclic) bond motifs is 2. The van der Waals surface area contributed by atoms with Gasteiger partial charge in [-0.25, -0.2) is 4.98 Å². The number of carbonyl (C=O) groups excluding carboxylic acids is 1. The minimum atomic E-state index is -0.163. The number of nitrogens with zero attached hydrogens (tertiary/aromatic N) is 3. The highest BCUT2D eigenvalue weighted by Crippen LogP contribution is 2.34. The van der Waals surface area contributed by atoms with E-state index in [0.717, 1.165) is 23.4 Å². The Kier molecular flexibility index (Phi) is 4.75. The predicted octanol–water partition coefficient (Wildman–Crippen LogP) is 4.23. The van der Waals surface area contributed by atoms with Crippen LogP contribution in [0, 0.1) is 4.77 Å². The first-order valence-corrected chi connectivity index (χ1v) is 11.1. The molecule has 30 heavy (non-hydrogen) atoms. The Morgan fingerprint density at radius 2 is 1.97 bits per heavy atom. The van der Waals surface area contributed by atoms with Gasteiger partial charge < -0.3 is 9.88 Å². The Morgan fingerprint density at radius 3 is 2.73 bits per heavy atom. The molecule has 0 saturated carbocycles. The fourth-order valence-electron chi connectivity index (χ4n) is 4.02. The summed E-state index contributed by atoms with van der Waals surface area (Å²) in [4.78, 5) is 35.1. The monoisotopic (exact) mass is 436 g/mol. The van der Waals surface area contributed by atoms with E-state index in [9.17, 15) is 9.59 Å². The maximum atomic E-state index is 13.1. The molecule has 1 fully saturated rings. The highest BCUT2D eigenvalue weighted by atomic mass is 32.1. The summed E-state index contributed by atoms with van der Waals surface area (Å²) < 4.78 is 2.95. The highest BCUT2D eigenvalue weighted by molar-refractivity contribution is 7.71. The summed E-state index contributed by atoms with van der Waals surface area (Å²) in [5, 5.41) is 1.69. The molecule has 152 valence electrons. The topological polar surface area (TPSA) is 71.0 Å². The number of carbonyl (C=O) groups is 1. The molecule has 1 saturated heterocycles. The van der Waals surface area contributed by atoms with Gasteiger partial charge >= 0.3 is 0 Å². The quantitative estimate of drug-likeness (QED) is 0.478. The number of benzene rings is 2. The summed E-state index contributed by atoms with van der Waals surface area (Å²) in [7, 11) is 1.63. The Hall–Kier alpha value is -2.84. The first-order valence-electron chi connectivity index (χ1n) is 9.89. The summed E-state index contributed by atoms with van der Waals surface area (Å²) in [5.41, 5.74) is 2.05. The van der Waals surface area contributed by atoms with Crippen LogP contribution < -0.4 is 5.56 Å². The standard InChI is InChI=1S/C22H20N4O2S2/c1-25-21(28)15-7-6-14(12-17(15)24-22(25)29)20(27)26-10-8-13(9-11-26)19-23-16-4-2-3-5-18(16)30-19/h2-7,12-13H,8-11H2,1H3,(H,24,29). The lowest BCUT2D eigenvalue weighted by Crippen LogP contribution is -2.38. The number of thiazole rings is 1. The maximum Gasteiger partial charge on any atom is 0.261 e. The van der Waals surface area contributed by atoms with Crippen LogP contribution in [0.2, 0.25) is 0 Å². The van der Waals surface area contributed by atoms with Crippen molar-refractivity contribution in [3.63, 3.8) is 0 Å². The number of aromatic nitrogens is 3. The molecule has 1 aliphatic rings. The minimum absolute atomic E-state index is 0.0142. The van der Waals surface area contributed by atoms with E-state index in [1.807, 2.05) is 23.1 Å². The highest BCUT2D eigenvalue weighted by Gasteiger charge is 2.26. The molecule has 1 N–H and O–H groups in total. The average molecular weight is 437 g/mol. The lowest BCUT2D eigenvalue weighted by atomic mass is 9.97. The van der Waals surface area contributed by atoms with Crippen molar-refractivity contribution in [2.75, 3.05) is 13.1 Å². The second-order valence-electron chi connectivity index (χ2n) is 7.64. The van der Waals surface area contributed by atoms with Crippen LogP contribution in [-0.4, -0.2) is 38.4 Å². The van der Waals surface area contributed by atoms with Crippen molar-refractivity contribution in [2.45, 2.75) is 18.8 Å². The van der Waals surface area contributed by atoms with Crippen LogP contribution in [0.3, 0.4) is 0 Å². The molecule has 1 aliphatic heterocycles. The number of para-hydroxylation sites is 1. The van der Waals surface area contributed by atoms with E-state index in [4.69, 9.17) is 17.2 Å². The number of rotatable bonds is 2. The van der Waals surface area contributed by atoms with Crippen LogP contribution in [-0.2, 0) is 7.05 Å². The lowest BCUT2D eigenvalue weighted by Gasteiger charge is -2.31. The van der Waals surface area contributed by atoms with E-state index in [1.165, 1.54) is 9.27 Å². The van der Waals surface area contributed by atoms with E-state index in [0.29, 0.717) is 40.2 Å². The maximum absolute atomic E-state index is 13.1. The zero-order valence-corrected chi connectivity index (χ0v) is 18.1. The molecule has 3 heterocycles. The zero-order valence-electron chi connectivity index (χ0n) is 16.4. The van der Waals surface area contributed by atoms with Crippen molar-refractivity contribution < 1.29 is 4.79 Å². The van der Waals surface area contributed by atoms with E-state index < -0.39 is 0 Å². The largest absolute Gasteiger partial charge is 0.339 e. The third kappa shape index (κ3) is 3.26. The van der Waals surface area contributed by atoms with Crippen molar-refractivity contribution in [3.05, 3.63) is 68.2 Å². The van der Waals surface area contributed by atoms with Gasteiger partial charge in [-0.05, 0) is 55.4 Å². The van der Waals surface area contributed by atoms with E-state index in [-0.39, 0.29) is 11.5 Å². The number of H-pyrrole nitrogens is 1. The number of nitrogens with one attached hydrogen (secondary N) is 1. The van der Waals surface area contributed by atoms with Crippen molar-refractivity contribution in [1.82, 2.24) is 19.4 Å². The Morgan fingerprint density at radius 1 is 1.20 bits per heavy atom. The minimum Gasteiger partial charge on any atom is -0.339 e. The van der Waals surface area contributed by atoms with E-state index in [2.05, 4.69) is 11.1 Å². The predicted molar refractivity (Wildman–Crippen MR) is 122 cm³/mol. The van der Waals surface area contributed by atoms with Gasteiger partial charge in [-0.2, -0.15) is 0 Å². The van der Waals surface area contributed by atoms with Crippen molar-refractivity contribution in [2.24, 2.45) is 7.05 Å². The molecule has 2 aromatic carbocycles. The number of hydrogen-bond donors (Lipinski definition) is 1. The van der Waals surface area contributed by atoms with Gasteiger partial charge in [0.05, 0.1) is 26.1 Å². The molecule has 2 aromatic heterocycles. The number of piperidine rings is 1. The zero-order chi connectivity index (χ0) is 20.8. The molecular weight excluding hydrogens is 416 g/mol. The number of hydrogen-bond acceptors (Lipinski definition) is 5. The fourth-order valence-corrected chi connectivity index (χ4v) is 5.35. The van der Waals surface area contributed by atoms with Crippen LogP contribution in [0.25, 0.3) is 21.1 Å². The van der Waals surface area contributed by atoms with Gasteiger partial charge in [0.2, 0.25) is 0 Å². The Labute approximate surface area is 181 Å². The SMILES string of the molecule is Cn1c(=S)[nH]c2cc(C(=O)N3CCC(c4nc5ccccc5s4)CC3)ccc2c1=O. The van der Waals surface area contributed by atoms with Crippen LogP contribution in [0.1, 0.15) is 34.1 Å². The number of likely N-dealkylation sites (tertiary alicyclic amines) is 1. The summed E-state index contributed by atoms with van der Waals surface area (Å²) in [6.07, 6.45) is 1.81. The molecule has 6 nitrogen and oxygen atoms in total. The molecule has 0 unspecified atom stereocenters. The molecular formula is C22H20N4O2S2. The average Bonchev–Trinajstić information content (AvgIpc) is 3.21. The van der Waals surface area contributed by atoms with Gasteiger partial charge in [-0.15, -0.1) is 11.3 Å². The molecule has 0 aliphatic carbocycles. The van der Waals surface area contributed by atoms with Gasteiger partial charge in [0.25, 0.3) is 11.5 Å². The third-order valence-electron chi connectivity index (χ3n) is 5.79. The molecule has 8 heteroatoms. The van der Waals surface area contributed by atoms with Crippen molar-refractivity contribution in [1.29, 1.82) is 0 Å². The number of aromatic amines is 1. The fraction of sp³-hybridized carbons (Fsp3) is 0.273. The van der Waals surface area contributed by atoms with Crippen LogP contribution in [0.4, 0.5) is 0 Å². The summed E-state index contributed by atoms with van der Waals surface area (Å²) in [5.74, 6) is 0.377. The second kappa shape index (κ2) is 7.45.